The first kappa shape index (κ1) is 17.2. The van der Waals surface area contributed by atoms with Crippen LogP contribution in [0.4, 0.5) is 0 Å². The first-order valence-corrected chi connectivity index (χ1v) is 7.51. The second-order valence-corrected chi connectivity index (χ2v) is 5.81. The lowest BCUT2D eigenvalue weighted by molar-refractivity contribution is -0.138. The molecular weight excluding hydrogens is 266 g/mol. The number of aryl methyl sites for hydroxylation is 1. The molecule has 1 atom stereocenters. The number of carbonyl (C=O) groups excluding carboxylic acids is 1. The number of carboxylic acid groups (broad SMARTS) is 1. The highest BCUT2D eigenvalue weighted by molar-refractivity contribution is 5.95. The highest BCUT2D eigenvalue weighted by atomic mass is 16.4. The standard InChI is InChI=1S/C17H25NO3/c1-4-14-7-5-6-8-15(14)17(21)18-11-13(9-12(2)3)10-16(19)20/h5-8,12-13H,4,9-11H2,1-3H3,(H,18,21)(H,19,20)/t13-/m0/s1. The molecule has 0 bridgehead atoms. The summed E-state index contributed by atoms with van der Waals surface area (Å²) < 4.78 is 0. The molecule has 0 aromatic heterocycles. The summed E-state index contributed by atoms with van der Waals surface area (Å²) in [6.07, 6.45) is 1.68. The van der Waals surface area contributed by atoms with Gasteiger partial charge in [-0.05, 0) is 36.3 Å². The summed E-state index contributed by atoms with van der Waals surface area (Å²) in [5, 5.41) is 11.8. The third kappa shape index (κ3) is 5.98. The van der Waals surface area contributed by atoms with Gasteiger partial charge in [-0.15, -0.1) is 0 Å². The minimum atomic E-state index is -0.816. The zero-order chi connectivity index (χ0) is 15.8. The van der Waals surface area contributed by atoms with Crippen molar-refractivity contribution in [2.75, 3.05) is 6.54 Å². The van der Waals surface area contributed by atoms with E-state index in [2.05, 4.69) is 19.2 Å². The van der Waals surface area contributed by atoms with E-state index < -0.39 is 5.97 Å². The van der Waals surface area contributed by atoms with Crippen LogP contribution in [0.15, 0.2) is 24.3 Å². The van der Waals surface area contributed by atoms with E-state index >= 15 is 0 Å². The first-order chi connectivity index (χ1) is 9.93. The lowest BCUT2D eigenvalue weighted by Gasteiger charge is -2.18. The van der Waals surface area contributed by atoms with Crippen molar-refractivity contribution in [1.82, 2.24) is 5.32 Å². The van der Waals surface area contributed by atoms with Crippen molar-refractivity contribution in [3.05, 3.63) is 35.4 Å². The van der Waals surface area contributed by atoms with Gasteiger partial charge in [-0.1, -0.05) is 39.0 Å². The fraction of sp³-hybridized carbons (Fsp3) is 0.529. The van der Waals surface area contributed by atoms with E-state index in [0.717, 1.165) is 18.4 Å². The van der Waals surface area contributed by atoms with E-state index in [0.29, 0.717) is 18.0 Å². The maximum absolute atomic E-state index is 12.2. The van der Waals surface area contributed by atoms with E-state index in [-0.39, 0.29) is 18.2 Å². The smallest absolute Gasteiger partial charge is 0.303 e. The van der Waals surface area contributed by atoms with Gasteiger partial charge in [-0.25, -0.2) is 0 Å². The normalized spacial score (nSPS) is 12.2. The van der Waals surface area contributed by atoms with Gasteiger partial charge < -0.3 is 10.4 Å². The SMILES string of the molecule is CCc1ccccc1C(=O)NC[C@H](CC(=O)O)CC(C)C. The van der Waals surface area contributed by atoms with Crippen LogP contribution in [0.1, 0.15) is 49.5 Å². The molecule has 0 aliphatic carbocycles. The summed E-state index contributed by atoms with van der Waals surface area (Å²) in [5.74, 6) is -0.551. The summed E-state index contributed by atoms with van der Waals surface area (Å²) >= 11 is 0. The first-order valence-electron chi connectivity index (χ1n) is 7.51. The lowest BCUT2D eigenvalue weighted by atomic mass is 9.94. The van der Waals surface area contributed by atoms with Crippen molar-refractivity contribution in [1.29, 1.82) is 0 Å². The van der Waals surface area contributed by atoms with Gasteiger partial charge >= 0.3 is 5.97 Å². The zero-order valence-corrected chi connectivity index (χ0v) is 13.1. The molecule has 0 spiro atoms. The number of aliphatic carboxylic acids is 1. The van der Waals surface area contributed by atoms with E-state index in [1.807, 2.05) is 31.2 Å². The Kier molecular flexibility index (Phi) is 6.92. The predicted octanol–water partition coefficient (Wildman–Crippen LogP) is 3.12. The number of hydrogen-bond acceptors (Lipinski definition) is 2. The molecule has 116 valence electrons. The van der Waals surface area contributed by atoms with Crippen molar-refractivity contribution < 1.29 is 14.7 Å². The summed E-state index contributed by atoms with van der Waals surface area (Å²) in [7, 11) is 0. The molecule has 0 radical (unpaired) electrons. The maximum atomic E-state index is 12.2. The van der Waals surface area contributed by atoms with Crippen LogP contribution in [0.5, 0.6) is 0 Å². The Balaban J connectivity index is 2.66. The summed E-state index contributed by atoms with van der Waals surface area (Å²) in [6, 6.07) is 7.51. The maximum Gasteiger partial charge on any atom is 0.303 e. The van der Waals surface area contributed by atoms with E-state index in [1.165, 1.54) is 0 Å². The molecule has 0 saturated heterocycles. The number of hydrogen-bond donors (Lipinski definition) is 2. The molecule has 1 aromatic rings. The lowest BCUT2D eigenvalue weighted by Crippen LogP contribution is -2.31. The Morgan fingerprint density at radius 1 is 1.24 bits per heavy atom. The van der Waals surface area contributed by atoms with Crippen LogP contribution >= 0.6 is 0 Å². The number of carbonyl (C=O) groups is 2. The third-order valence-corrected chi connectivity index (χ3v) is 3.46. The van der Waals surface area contributed by atoms with Gasteiger partial charge in [0.05, 0.1) is 0 Å². The fourth-order valence-electron chi connectivity index (χ4n) is 2.53. The molecule has 0 saturated carbocycles. The molecule has 0 fully saturated rings. The number of amides is 1. The van der Waals surface area contributed by atoms with Crippen molar-refractivity contribution >= 4 is 11.9 Å². The average molecular weight is 291 g/mol. The van der Waals surface area contributed by atoms with Gasteiger partial charge in [0.25, 0.3) is 5.91 Å². The van der Waals surface area contributed by atoms with Gasteiger partial charge in [0, 0.05) is 18.5 Å². The minimum absolute atomic E-state index is 0.0276. The van der Waals surface area contributed by atoms with Gasteiger partial charge in [-0.3, -0.25) is 9.59 Å². The molecule has 1 amide bonds. The molecular formula is C17H25NO3. The van der Waals surface area contributed by atoms with E-state index in [1.54, 1.807) is 0 Å². The van der Waals surface area contributed by atoms with Crippen LogP contribution in [-0.4, -0.2) is 23.5 Å². The van der Waals surface area contributed by atoms with Crippen molar-refractivity contribution in [2.45, 2.75) is 40.0 Å². The van der Waals surface area contributed by atoms with Gasteiger partial charge in [0.15, 0.2) is 0 Å². The van der Waals surface area contributed by atoms with Crippen molar-refractivity contribution in [3.63, 3.8) is 0 Å². The van der Waals surface area contributed by atoms with E-state index in [4.69, 9.17) is 5.11 Å². The summed E-state index contributed by atoms with van der Waals surface area (Å²) in [5.41, 5.74) is 1.69. The largest absolute Gasteiger partial charge is 0.481 e. The number of rotatable bonds is 8. The molecule has 0 unspecified atom stereocenters. The van der Waals surface area contributed by atoms with Crippen LogP contribution in [-0.2, 0) is 11.2 Å². The predicted molar refractivity (Wildman–Crippen MR) is 83.4 cm³/mol. The molecule has 4 heteroatoms. The number of carboxylic acids is 1. The molecule has 0 aliphatic rings. The molecule has 21 heavy (non-hydrogen) atoms. The van der Waals surface area contributed by atoms with Crippen LogP contribution in [0.25, 0.3) is 0 Å². The fourth-order valence-corrected chi connectivity index (χ4v) is 2.53. The number of nitrogens with one attached hydrogen (secondary N) is 1. The monoisotopic (exact) mass is 291 g/mol. The zero-order valence-electron chi connectivity index (χ0n) is 13.1. The Bertz CT molecular complexity index is 483. The Morgan fingerprint density at radius 3 is 2.48 bits per heavy atom. The molecule has 1 rings (SSSR count). The molecule has 0 heterocycles. The van der Waals surface area contributed by atoms with Crippen molar-refractivity contribution in [3.8, 4) is 0 Å². The molecule has 2 N–H and O–H groups in total. The highest BCUT2D eigenvalue weighted by Crippen LogP contribution is 2.15. The van der Waals surface area contributed by atoms with Crippen LogP contribution in [0, 0.1) is 11.8 Å². The van der Waals surface area contributed by atoms with Gasteiger partial charge in [0.2, 0.25) is 0 Å². The van der Waals surface area contributed by atoms with Crippen molar-refractivity contribution in [2.24, 2.45) is 11.8 Å². The molecule has 4 nitrogen and oxygen atoms in total. The molecule has 0 aliphatic heterocycles. The average Bonchev–Trinajstić information content (AvgIpc) is 2.43. The third-order valence-electron chi connectivity index (χ3n) is 3.46. The highest BCUT2D eigenvalue weighted by Gasteiger charge is 2.17. The van der Waals surface area contributed by atoms with Crippen LogP contribution in [0.2, 0.25) is 0 Å². The Hall–Kier alpha value is -1.84. The second-order valence-electron chi connectivity index (χ2n) is 5.81. The van der Waals surface area contributed by atoms with Gasteiger partial charge in [0.1, 0.15) is 0 Å². The Labute approximate surface area is 126 Å². The second kappa shape index (κ2) is 8.45. The van der Waals surface area contributed by atoms with Crippen LogP contribution < -0.4 is 5.32 Å². The summed E-state index contributed by atoms with van der Waals surface area (Å²) in [6.45, 7) is 6.53. The van der Waals surface area contributed by atoms with Gasteiger partial charge in [-0.2, -0.15) is 0 Å². The summed E-state index contributed by atoms with van der Waals surface area (Å²) in [4.78, 5) is 23.1. The molecule has 1 aromatic carbocycles. The Morgan fingerprint density at radius 2 is 1.90 bits per heavy atom. The number of benzene rings is 1. The topological polar surface area (TPSA) is 66.4 Å². The van der Waals surface area contributed by atoms with E-state index in [9.17, 15) is 9.59 Å². The minimum Gasteiger partial charge on any atom is -0.481 e. The van der Waals surface area contributed by atoms with Crippen LogP contribution in [0.3, 0.4) is 0 Å². The quantitative estimate of drug-likeness (QED) is 0.773.